The van der Waals surface area contributed by atoms with Gasteiger partial charge in [-0.2, -0.15) is 0 Å². The minimum Gasteiger partial charge on any atom is -0.467 e. The number of aliphatic hydroxyl groups is 1. The second kappa shape index (κ2) is 8.12. The maximum absolute atomic E-state index is 9.72. The highest BCUT2D eigenvalue weighted by molar-refractivity contribution is 7.09. The van der Waals surface area contributed by atoms with Crippen LogP contribution in [0.15, 0.2) is 40.3 Å². The van der Waals surface area contributed by atoms with Crippen molar-refractivity contribution in [2.45, 2.75) is 19.1 Å². The van der Waals surface area contributed by atoms with Crippen LogP contribution in [0, 0.1) is 0 Å². The molecule has 0 spiro atoms. The number of rotatable bonds is 9. The maximum atomic E-state index is 9.72. The molecule has 0 bridgehead atoms. The smallest absolute Gasteiger partial charge is 0.129 e. The number of hydrogen-bond acceptors (Lipinski definition) is 5. The van der Waals surface area contributed by atoms with Gasteiger partial charge in [-0.15, -0.1) is 11.3 Å². The van der Waals surface area contributed by atoms with Gasteiger partial charge in [0.15, 0.2) is 0 Å². The lowest BCUT2D eigenvalue weighted by atomic mass is 10.3. The first-order valence-electron chi connectivity index (χ1n) is 6.36. The van der Waals surface area contributed by atoms with E-state index in [2.05, 4.69) is 22.8 Å². The van der Waals surface area contributed by atoms with E-state index in [9.17, 15) is 5.11 Å². The third kappa shape index (κ3) is 5.57. The van der Waals surface area contributed by atoms with E-state index < -0.39 is 6.10 Å². The zero-order chi connectivity index (χ0) is 13.3. The molecule has 0 radical (unpaired) electrons. The molecule has 0 aromatic carbocycles. The van der Waals surface area contributed by atoms with E-state index >= 15 is 0 Å². The predicted molar refractivity (Wildman–Crippen MR) is 75.3 cm³/mol. The molecule has 0 fully saturated rings. The summed E-state index contributed by atoms with van der Waals surface area (Å²) in [6.07, 6.45) is 2.12. The molecule has 0 aliphatic rings. The fraction of sp³-hybridized carbons (Fsp3) is 0.429. The zero-order valence-corrected chi connectivity index (χ0v) is 11.6. The molecule has 2 heterocycles. The highest BCUT2D eigenvalue weighted by Gasteiger charge is 2.04. The van der Waals surface area contributed by atoms with Crippen LogP contribution in [0.25, 0.3) is 0 Å². The molecule has 0 saturated carbocycles. The number of aliphatic hydroxyl groups excluding tert-OH is 1. The molecule has 1 unspecified atom stereocenters. The minimum atomic E-state index is -0.488. The molecule has 0 aliphatic heterocycles. The summed E-state index contributed by atoms with van der Waals surface area (Å²) in [6.45, 7) is 2.13. The van der Waals surface area contributed by atoms with Crippen LogP contribution in [0.3, 0.4) is 0 Å². The van der Waals surface area contributed by atoms with Gasteiger partial charge in [0.1, 0.15) is 12.4 Å². The van der Waals surface area contributed by atoms with E-state index in [1.165, 1.54) is 4.88 Å². The van der Waals surface area contributed by atoms with Gasteiger partial charge in [0, 0.05) is 18.0 Å². The van der Waals surface area contributed by atoms with Crippen LogP contribution in [0.1, 0.15) is 10.6 Å². The van der Waals surface area contributed by atoms with Crippen LogP contribution in [0.4, 0.5) is 0 Å². The van der Waals surface area contributed by atoms with Gasteiger partial charge in [0.25, 0.3) is 0 Å². The molecule has 0 aliphatic carbocycles. The third-order valence-corrected chi connectivity index (χ3v) is 3.58. The minimum absolute atomic E-state index is 0.312. The number of ether oxygens (including phenoxy) is 1. The second-order valence-electron chi connectivity index (χ2n) is 4.28. The first-order valence-corrected chi connectivity index (χ1v) is 7.24. The quantitative estimate of drug-likeness (QED) is 0.691. The van der Waals surface area contributed by atoms with E-state index in [1.807, 2.05) is 12.1 Å². The summed E-state index contributed by atoms with van der Waals surface area (Å²) in [5, 5.41) is 15.0. The lowest BCUT2D eigenvalue weighted by Gasteiger charge is -2.11. The standard InChI is InChI=1S/C14H19NO3S/c16-12(10-17-11-13-3-1-7-18-13)9-15-6-5-14-4-2-8-19-14/h1-4,7-8,12,15-16H,5-6,9-11H2. The van der Waals surface area contributed by atoms with E-state index in [0.717, 1.165) is 18.7 Å². The van der Waals surface area contributed by atoms with Crippen molar-refractivity contribution in [1.82, 2.24) is 5.32 Å². The van der Waals surface area contributed by atoms with Crippen LogP contribution in [-0.4, -0.2) is 30.9 Å². The van der Waals surface area contributed by atoms with Gasteiger partial charge in [-0.1, -0.05) is 6.07 Å². The Morgan fingerprint density at radius 3 is 3.05 bits per heavy atom. The highest BCUT2D eigenvalue weighted by Crippen LogP contribution is 2.08. The van der Waals surface area contributed by atoms with Crippen molar-refractivity contribution < 1.29 is 14.3 Å². The van der Waals surface area contributed by atoms with Crippen LogP contribution in [-0.2, 0) is 17.8 Å². The van der Waals surface area contributed by atoms with Crippen molar-refractivity contribution in [3.05, 3.63) is 46.5 Å². The van der Waals surface area contributed by atoms with Crippen LogP contribution < -0.4 is 5.32 Å². The summed E-state index contributed by atoms with van der Waals surface area (Å²) in [6, 6.07) is 7.85. The zero-order valence-electron chi connectivity index (χ0n) is 10.7. The Labute approximate surface area is 117 Å². The van der Waals surface area contributed by atoms with Gasteiger partial charge < -0.3 is 19.6 Å². The van der Waals surface area contributed by atoms with Crippen LogP contribution in [0.5, 0.6) is 0 Å². The van der Waals surface area contributed by atoms with Crippen molar-refractivity contribution in [2.24, 2.45) is 0 Å². The molecule has 19 heavy (non-hydrogen) atoms. The third-order valence-electron chi connectivity index (χ3n) is 2.64. The Morgan fingerprint density at radius 1 is 1.37 bits per heavy atom. The molecule has 4 nitrogen and oxygen atoms in total. The molecule has 104 valence electrons. The fourth-order valence-electron chi connectivity index (χ4n) is 1.68. The van der Waals surface area contributed by atoms with Crippen molar-refractivity contribution in [1.29, 1.82) is 0 Å². The van der Waals surface area contributed by atoms with Crippen molar-refractivity contribution >= 4 is 11.3 Å². The SMILES string of the molecule is OC(CNCCc1cccs1)COCc1ccco1. The summed E-state index contributed by atoms with van der Waals surface area (Å²) in [7, 11) is 0. The lowest BCUT2D eigenvalue weighted by Crippen LogP contribution is -2.31. The molecule has 0 amide bonds. The molecule has 2 aromatic rings. The van der Waals surface area contributed by atoms with Crippen molar-refractivity contribution in [3.8, 4) is 0 Å². The fourth-order valence-corrected chi connectivity index (χ4v) is 2.39. The first kappa shape index (κ1) is 14.3. The molecular formula is C14H19NO3S. The number of thiophene rings is 1. The highest BCUT2D eigenvalue weighted by atomic mass is 32.1. The molecular weight excluding hydrogens is 262 g/mol. The molecule has 1 atom stereocenters. The van der Waals surface area contributed by atoms with E-state index in [1.54, 1.807) is 17.6 Å². The van der Waals surface area contributed by atoms with Gasteiger partial charge in [-0.05, 0) is 30.0 Å². The van der Waals surface area contributed by atoms with Crippen LogP contribution >= 0.6 is 11.3 Å². The Hall–Kier alpha value is -1.14. The second-order valence-corrected chi connectivity index (χ2v) is 5.31. The van der Waals surface area contributed by atoms with E-state index in [4.69, 9.17) is 9.15 Å². The predicted octanol–water partition coefficient (Wildman–Crippen LogP) is 2.05. The van der Waals surface area contributed by atoms with Gasteiger partial charge in [0.05, 0.1) is 19.0 Å². The lowest BCUT2D eigenvalue weighted by molar-refractivity contribution is 0.0228. The molecule has 2 aromatic heterocycles. The van der Waals surface area contributed by atoms with Crippen molar-refractivity contribution in [2.75, 3.05) is 19.7 Å². The molecule has 5 heteroatoms. The normalized spacial score (nSPS) is 12.7. The van der Waals surface area contributed by atoms with E-state index in [0.29, 0.717) is 19.8 Å². The Morgan fingerprint density at radius 2 is 2.32 bits per heavy atom. The number of hydrogen-bond donors (Lipinski definition) is 2. The average Bonchev–Trinajstić information content (AvgIpc) is 3.07. The largest absolute Gasteiger partial charge is 0.467 e. The molecule has 2 N–H and O–H groups in total. The van der Waals surface area contributed by atoms with Gasteiger partial charge in [-0.25, -0.2) is 0 Å². The topological polar surface area (TPSA) is 54.6 Å². The number of furan rings is 1. The summed E-state index contributed by atoms with van der Waals surface area (Å²) >= 11 is 1.76. The Kier molecular flexibility index (Phi) is 6.10. The Balaban J connectivity index is 1.48. The average molecular weight is 281 g/mol. The Bertz CT molecular complexity index is 428. The van der Waals surface area contributed by atoms with E-state index in [-0.39, 0.29) is 0 Å². The van der Waals surface area contributed by atoms with Gasteiger partial charge in [0.2, 0.25) is 0 Å². The maximum Gasteiger partial charge on any atom is 0.129 e. The monoisotopic (exact) mass is 281 g/mol. The van der Waals surface area contributed by atoms with Gasteiger partial charge in [-0.3, -0.25) is 0 Å². The van der Waals surface area contributed by atoms with Crippen molar-refractivity contribution in [3.63, 3.8) is 0 Å². The summed E-state index contributed by atoms with van der Waals surface area (Å²) in [5.74, 6) is 0.776. The molecule has 2 rings (SSSR count). The first-order chi connectivity index (χ1) is 9.34. The summed E-state index contributed by atoms with van der Waals surface area (Å²) in [5.41, 5.74) is 0. The molecule has 0 saturated heterocycles. The summed E-state index contributed by atoms with van der Waals surface area (Å²) in [4.78, 5) is 1.36. The van der Waals surface area contributed by atoms with Crippen LogP contribution in [0.2, 0.25) is 0 Å². The summed E-state index contributed by atoms with van der Waals surface area (Å²) < 4.78 is 10.5. The van der Waals surface area contributed by atoms with Gasteiger partial charge >= 0.3 is 0 Å². The number of nitrogens with one attached hydrogen (secondary N) is 1.